The molecule has 0 atom stereocenters. The Morgan fingerprint density at radius 1 is 1.28 bits per heavy atom. The molecule has 1 saturated heterocycles. The van der Waals surface area contributed by atoms with Crippen molar-refractivity contribution >= 4 is 11.6 Å². The molecule has 2 rings (SSSR count). The number of morpholine rings is 1. The molecular weight excluding hydrogens is 250 g/mol. The fraction of sp³-hybridized carbons (Fsp3) is 0.571. The Hall–Kier alpha value is -0.770. The summed E-state index contributed by atoms with van der Waals surface area (Å²) in [6, 6.07) is 7.97. The highest BCUT2D eigenvalue weighted by Gasteiger charge is 2.09. The lowest BCUT2D eigenvalue weighted by Crippen LogP contribution is -2.37. The fourth-order valence-corrected chi connectivity index (χ4v) is 2.19. The van der Waals surface area contributed by atoms with Crippen molar-refractivity contribution in [2.24, 2.45) is 0 Å². The molecule has 0 N–H and O–H groups in total. The van der Waals surface area contributed by atoms with Crippen molar-refractivity contribution < 1.29 is 9.47 Å². The standard InChI is InChI=1S/C14H20ClNO2/c15-12-13-3-1-4-14(11-13)18-8-2-5-16-6-9-17-10-7-16/h1,3-4,11H,2,5-10,12H2. The van der Waals surface area contributed by atoms with Crippen LogP contribution in [0.3, 0.4) is 0 Å². The zero-order valence-corrected chi connectivity index (χ0v) is 11.4. The van der Waals surface area contributed by atoms with Crippen LogP contribution >= 0.6 is 11.6 Å². The Kier molecular flexibility index (Phi) is 5.78. The molecule has 100 valence electrons. The minimum atomic E-state index is 0.533. The van der Waals surface area contributed by atoms with Crippen LogP contribution in [0.2, 0.25) is 0 Å². The van der Waals surface area contributed by atoms with Gasteiger partial charge in [-0.15, -0.1) is 11.6 Å². The Bertz CT molecular complexity index is 353. The van der Waals surface area contributed by atoms with E-state index in [9.17, 15) is 0 Å². The van der Waals surface area contributed by atoms with Gasteiger partial charge in [-0.1, -0.05) is 12.1 Å². The van der Waals surface area contributed by atoms with Gasteiger partial charge in [-0.05, 0) is 24.1 Å². The molecule has 1 aromatic rings. The molecule has 18 heavy (non-hydrogen) atoms. The third kappa shape index (κ3) is 4.48. The molecule has 4 heteroatoms. The second kappa shape index (κ2) is 7.62. The van der Waals surface area contributed by atoms with Crippen LogP contribution in [-0.4, -0.2) is 44.4 Å². The maximum atomic E-state index is 5.79. The van der Waals surface area contributed by atoms with Crippen molar-refractivity contribution in [1.29, 1.82) is 0 Å². The first kappa shape index (κ1) is 13.7. The SMILES string of the molecule is ClCc1cccc(OCCCN2CCOCC2)c1. The van der Waals surface area contributed by atoms with Gasteiger partial charge in [-0.25, -0.2) is 0 Å². The van der Waals surface area contributed by atoms with E-state index < -0.39 is 0 Å². The number of benzene rings is 1. The van der Waals surface area contributed by atoms with Crippen molar-refractivity contribution in [3.8, 4) is 5.75 Å². The average Bonchev–Trinajstić information content (AvgIpc) is 2.45. The van der Waals surface area contributed by atoms with Crippen LogP contribution < -0.4 is 4.74 Å². The van der Waals surface area contributed by atoms with Crippen LogP contribution in [-0.2, 0) is 10.6 Å². The van der Waals surface area contributed by atoms with Gasteiger partial charge in [0.25, 0.3) is 0 Å². The lowest BCUT2D eigenvalue weighted by atomic mass is 10.2. The lowest BCUT2D eigenvalue weighted by Gasteiger charge is -2.26. The number of hydrogen-bond donors (Lipinski definition) is 0. The molecule has 3 nitrogen and oxygen atoms in total. The maximum absolute atomic E-state index is 5.79. The minimum absolute atomic E-state index is 0.533. The van der Waals surface area contributed by atoms with E-state index in [0.29, 0.717) is 5.88 Å². The van der Waals surface area contributed by atoms with Crippen LogP contribution in [0.4, 0.5) is 0 Å². The first-order valence-corrected chi connectivity index (χ1v) is 7.00. The summed E-state index contributed by atoms with van der Waals surface area (Å²) in [5, 5.41) is 0. The van der Waals surface area contributed by atoms with Gasteiger partial charge in [0.2, 0.25) is 0 Å². The summed E-state index contributed by atoms with van der Waals surface area (Å²) in [6.45, 7) is 5.64. The molecular formula is C14H20ClNO2. The third-order valence-electron chi connectivity index (χ3n) is 3.04. The number of rotatable bonds is 6. The molecule has 1 aliphatic heterocycles. The van der Waals surface area contributed by atoms with Crippen molar-refractivity contribution in [3.63, 3.8) is 0 Å². The molecule has 1 aromatic carbocycles. The predicted molar refractivity (Wildman–Crippen MR) is 73.4 cm³/mol. The highest BCUT2D eigenvalue weighted by Crippen LogP contribution is 2.15. The highest BCUT2D eigenvalue weighted by atomic mass is 35.5. The van der Waals surface area contributed by atoms with E-state index in [2.05, 4.69) is 4.90 Å². The molecule has 0 aromatic heterocycles. The lowest BCUT2D eigenvalue weighted by molar-refractivity contribution is 0.0358. The molecule has 0 unspecified atom stereocenters. The quantitative estimate of drug-likeness (QED) is 0.585. The number of ether oxygens (including phenoxy) is 2. The second-order valence-corrected chi connectivity index (χ2v) is 4.70. The summed E-state index contributed by atoms with van der Waals surface area (Å²) in [5.74, 6) is 1.44. The zero-order valence-electron chi connectivity index (χ0n) is 10.6. The molecule has 0 spiro atoms. The number of alkyl halides is 1. The Morgan fingerprint density at radius 2 is 2.11 bits per heavy atom. The normalized spacial score (nSPS) is 16.7. The van der Waals surface area contributed by atoms with Gasteiger partial charge in [-0.3, -0.25) is 4.90 Å². The summed E-state index contributed by atoms with van der Waals surface area (Å²) >= 11 is 5.79. The van der Waals surface area contributed by atoms with E-state index in [1.165, 1.54) is 0 Å². The smallest absolute Gasteiger partial charge is 0.119 e. The topological polar surface area (TPSA) is 21.7 Å². The third-order valence-corrected chi connectivity index (χ3v) is 3.35. The maximum Gasteiger partial charge on any atom is 0.119 e. The molecule has 1 fully saturated rings. The number of nitrogens with zero attached hydrogens (tertiary/aromatic N) is 1. The van der Waals surface area contributed by atoms with Gasteiger partial charge >= 0.3 is 0 Å². The van der Waals surface area contributed by atoms with Gasteiger partial charge in [-0.2, -0.15) is 0 Å². The summed E-state index contributed by atoms with van der Waals surface area (Å²) in [6.07, 6.45) is 1.05. The monoisotopic (exact) mass is 269 g/mol. The van der Waals surface area contributed by atoms with E-state index in [4.69, 9.17) is 21.1 Å². The van der Waals surface area contributed by atoms with Gasteiger partial charge in [0, 0.05) is 25.5 Å². The molecule has 0 amide bonds. The van der Waals surface area contributed by atoms with E-state index in [1.54, 1.807) is 0 Å². The van der Waals surface area contributed by atoms with Crippen molar-refractivity contribution in [2.75, 3.05) is 39.5 Å². The predicted octanol–water partition coefficient (Wildman–Crippen LogP) is 2.53. The minimum Gasteiger partial charge on any atom is -0.494 e. The summed E-state index contributed by atoms with van der Waals surface area (Å²) < 4.78 is 11.0. The molecule has 0 saturated carbocycles. The molecule has 0 radical (unpaired) electrons. The van der Waals surface area contributed by atoms with Gasteiger partial charge in [0.05, 0.1) is 19.8 Å². The Labute approximate surface area is 114 Å². The zero-order chi connectivity index (χ0) is 12.6. The largest absolute Gasteiger partial charge is 0.494 e. The van der Waals surface area contributed by atoms with Gasteiger partial charge < -0.3 is 9.47 Å². The molecule has 1 heterocycles. The van der Waals surface area contributed by atoms with Crippen LogP contribution in [0.15, 0.2) is 24.3 Å². The number of hydrogen-bond acceptors (Lipinski definition) is 3. The van der Waals surface area contributed by atoms with Crippen LogP contribution in [0.1, 0.15) is 12.0 Å². The van der Waals surface area contributed by atoms with E-state index in [0.717, 1.165) is 57.2 Å². The summed E-state index contributed by atoms with van der Waals surface area (Å²) in [7, 11) is 0. The molecule has 0 aliphatic carbocycles. The van der Waals surface area contributed by atoms with Crippen molar-refractivity contribution in [2.45, 2.75) is 12.3 Å². The van der Waals surface area contributed by atoms with E-state index in [-0.39, 0.29) is 0 Å². The molecule has 0 bridgehead atoms. The van der Waals surface area contributed by atoms with E-state index >= 15 is 0 Å². The van der Waals surface area contributed by atoms with Crippen molar-refractivity contribution in [3.05, 3.63) is 29.8 Å². The fourth-order valence-electron chi connectivity index (χ4n) is 2.02. The Morgan fingerprint density at radius 3 is 2.89 bits per heavy atom. The van der Waals surface area contributed by atoms with Gasteiger partial charge in [0.15, 0.2) is 0 Å². The first-order chi connectivity index (χ1) is 8.88. The highest BCUT2D eigenvalue weighted by molar-refractivity contribution is 6.17. The summed E-state index contributed by atoms with van der Waals surface area (Å²) in [5.41, 5.74) is 1.10. The molecule has 1 aliphatic rings. The average molecular weight is 270 g/mol. The van der Waals surface area contributed by atoms with Crippen LogP contribution in [0, 0.1) is 0 Å². The van der Waals surface area contributed by atoms with Gasteiger partial charge in [0.1, 0.15) is 5.75 Å². The van der Waals surface area contributed by atoms with Crippen molar-refractivity contribution in [1.82, 2.24) is 4.90 Å². The number of halogens is 1. The van der Waals surface area contributed by atoms with E-state index in [1.807, 2.05) is 24.3 Å². The first-order valence-electron chi connectivity index (χ1n) is 6.46. The Balaban J connectivity index is 1.65. The summed E-state index contributed by atoms with van der Waals surface area (Å²) in [4.78, 5) is 2.42. The van der Waals surface area contributed by atoms with Crippen LogP contribution in [0.25, 0.3) is 0 Å². The van der Waals surface area contributed by atoms with Crippen LogP contribution in [0.5, 0.6) is 5.75 Å². The second-order valence-electron chi connectivity index (χ2n) is 4.44.